The third-order valence-electron chi connectivity index (χ3n) is 4.06. The second-order valence-electron chi connectivity index (χ2n) is 5.43. The number of ether oxygens (including phenoxy) is 2. The van der Waals surface area contributed by atoms with Crippen LogP contribution in [0.3, 0.4) is 0 Å². The van der Waals surface area contributed by atoms with Crippen molar-refractivity contribution in [2.75, 3.05) is 14.2 Å². The number of carboxylic acids is 1. The first-order valence-electron chi connectivity index (χ1n) is 7.30. The molecule has 6 nitrogen and oxygen atoms in total. The Morgan fingerprint density at radius 1 is 1.14 bits per heavy atom. The normalized spacial score (nSPS) is 21.0. The molecule has 1 amide bonds. The smallest absolute Gasteiger partial charge is 0.306 e. The van der Waals surface area contributed by atoms with Crippen LogP contribution in [0, 0.1) is 5.92 Å². The van der Waals surface area contributed by atoms with Crippen LogP contribution in [0.1, 0.15) is 36.0 Å². The van der Waals surface area contributed by atoms with Crippen molar-refractivity contribution in [1.82, 2.24) is 5.32 Å². The van der Waals surface area contributed by atoms with Crippen LogP contribution in [0.25, 0.3) is 0 Å². The molecule has 22 heavy (non-hydrogen) atoms. The molecular weight excluding hydrogens is 286 g/mol. The molecule has 6 heteroatoms. The summed E-state index contributed by atoms with van der Waals surface area (Å²) in [5.74, 6) is -0.171. The van der Waals surface area contributed by atoms with Crippen molar-refractivity contribution < 1.29 is 24.2 Å². The van der Waals surface area contributed by atoms with E-state index in [-0.39, 0.29) is 17.9 Å². The van der Waals surface area contributed by atoms with Crippen molar-refractivity contribution in [2.45, 2.75) is 31.7 Å². The van der Waals surface area contributed by atoms with E-state index >= 15 is 0 Å². The summed E-state index contributed by atoms with van der Waals surface area (Å²) >= 11 is 0. The molecule has 0 bridgehead atoms. The number of methoxy groups -OCH3 is 2. The van der Waals surface area contributed by atoms with Gasteiger partial charge in [0.25, 0.3) is 5.91 Å². The van der Waals surface area contributed by atoms with Gasteiger partial charge in [0.2, 0.25) is 0 Å². The molecule has 0 aromatic heterocycles. The maximum atomic E-state index is 12.4. The molecule has 2 rings (SSSR count). The number of carbonyl (C=O) groups is 2. The van der Waals surface area contributed by atoms with Gasteiger partial charge in [-0.05, 0) is 37.8 Å². The minimum absolute atomic E-state index is 0.00917. The number of nitrogens with one attached hydrogen (secondary N) is 1. The van der Waals surface area contributed by atoms with Gasteiger partial charge in [0.1, 0.15) is 11.5 Å². The molecule has 0 radical (unpaired) electrons. The Hall–Kier alpha value is -2.24. The molecule has 0 unspecified atom stereocenters. The number of amides is 1. The Morgan fingerprint density at radius 3 is 2.36 bits per heavy atom. The van der Waals surface area contributed by atoms with E-state index in [1.807, 2.05) is 0 Å². The molecule has 1 saturated carbocycles. The Morgan fingerprint density at radius 2 is 1.82 bits per heavy atom. The average molecular weight is 307 g/mol. The second kappa shape index (κ2) is 7.15. The van der Waals surface area contributed by atoms with Crippen molar-refractivity contribution in [1.29, 1.82) is 0 Å². The van der Waals surface area contributed by atoms with Gasteiger partial charge in [-0.25, -0.2) is 0 Å². The van der Waals surface area contributed by atoms with Gasteiger partial charge < -0.3 is 19.9 Å². The van der Waals surface area contributed by atoms with Crippen LogP contribution in [-0.4, -0.2) is 37.2 Å². The lowest BCUT2D eigenvalue weighted by atomic mass is 9.86. The zero-order valence-electron chi connectivity index (χ0n) is 12.8. The van der Waals surface area contributed by atoms with Gasteiger partial charge in [-0.1, -0.05) is 0 Å². The van der Waals surface area contributed by atoms with Crippen LogP contribution in [0.5, 0.6) is 11.5 Å². The highest BCUT2D eigenvalue weighted by Gasteiger charge is 2.27. The van der Waals surface area contributed by atoms with Crippen molar-refractivity contribution >= 4 is 11.9 Å². The van der Waals surface area contributed by atoms with E-state index in [1.54, 1.807) is 25.3 Å². The lowest BCUT2D eigenvalue weighted by molar-refractivity contribution is -0.142. The number of carbonyl (C=O) groups excluding carboxylic acids is 1. The number of aliphatic carboxylic acids is 1. The molecule has 0 spiro atoms. The van der Waals surface area contributed by atoms with E-state index in [4.69, 9.17) is 14.6 Å². The van der Waals surface area contributed by atoms with E-state index in [2.05, 4.69) is 5.32 Å². The molecule has 0 heterocycles. The first kappa shape index (κ1) is 16.1. The molecular formula is C16H21NO5. The van der Waals surface area contributed by atoms with Crippen molar-refractivity contribution in [2.24, 2.45) is 5.92 Å². The third-order valence-corrected chi connectivity index (χ3v) is 4.06. The van der Waals surface area contributed by atoms with Crippen LogP contribution in [0.4, 0.5) is 0 Å². The number of hydrogen-bond acceptors (Lipinski definition) is 4. The third kappa shape index (κ3) is 3.69. The maximum Gasteiger partial charge on any atom is 0.306 e. The highest BCUT2D eigenvalue weighted by atomic mass is 16.5. The number of benzene rings is 1. The molecule has 1 aromatic rings. The SMILES string of the molecule is COc1ccc(C(=O)NC2CCC(C(=O)O)CC2)c(OC)c1. The first-order valence-corrected chi connectivity index (χ1v) is 7.30. The molecule has 2 N–H and O–H groups in total. The summed E-state index contributed by atoms with van der Waals surface area (Å²) in [6.45, 7) is 0. The Bertz CT molecular complexity index is 549. The van der Waals surface area contributed by atoms with E-state index < -0.39 is 5.97 Å². The first-order chi connectivity index (χ1) is 10.5. The second-order valence-corrected chi connectivity index (χ2v) is 5.43. The molecule has 0 saturated heterocycles. The number of rotatable bonds is 5. The Labute approximate surface area is 129 Å². The Kier molecular flexibility index (Phi) is 5.25. The van der Waals surface area contributed by atoms with Crippen LogP contribution < -0.4 is 14.8 Å². The fraction of sp³-hybridized carbons (Fsp3) is 0.500. The van der Waals surface area contributed by atoms with Gasteiger partial charge in [0, 0.05) is 12.1 Å². The molecule has 1 aliphatic rings. The monoisotopic (exact) mass is 307 g/mol. The highest BCUT2D eigenvalue weighted by molar-refractivity contribution is 5.97. The van der Waals surface area contributed by atoms with Crippen LogP contribution >= 0.6 is 0 Å². The fourth-order valence-electron chi connectivity index (χ4n) is 2.73. The van der Waals surface area contributed by atoms with E-state index in [0.29, 0.717) is 42.7 Å². The van der Waals surface area contributed by atoms with Gasteiger partial charge >= 0.3 is 5.97 Å². The average Bonchev–Trinajstić information content (AvgIpc) is 2.54. The van der Waals surface area contributed by atoms with Gasteiger partial charge in [-0.2, -0.15) is 0 Å². The van der Waals surface area contributed by atoms with Crippen molar-refractivity contribution in [3.05, 3.63) is 23.8 Å². The zero-order chi connectivity index (χ0) is 16.1. The molecule has 120 valence electrons. The van der Waals surface area contributed by atoms with Crippen LogP contribution in [0.15, 0.2) is 18.2 Å². The Balaban J connectivity index is 2.00. The van der Waals surface area contributed by atoms with E-state index in [0.717, 1.165) is 0 Å². The quantitative estimate of drug-likeness (QED) is 0.870. The van der Waals surface area contributed by atoms with Gasteiger partial charge in [-0.3, -0.25) is 9.59 Å². The maximum absolute atomic E-state index is 12.4. The molecule has 1 aromatic carbocycles. The van der Waals surface area contributed by atoms with E-state index in [1.165, 1.54) is 7.11 Å². The van der Waals surface area contributed by atoms with Gasteiger partial charge in [-0.15, -0.1) is 0 Å². The van der Waals surface area contributed by atoms with E-state index in [9.17, 15) is 9.59 Å². The molecule has 0 aliphatic heterocycles. The molecule has 0 atom stereocenters. The van der Waals surface area contributed by atoms with Gasteiger partial charge in [0.05, 0.1) is 25.7 Å². The van der Waals surface area contributed by atoms with Crippen molar-refractivity contribution in [3.63, 3.8) is 0 Å². The summed E-state index contributed by atoms with van der Waals surface area (Å²) in [4.78, 5) is 23.3. The van der Waals surface area contributed by atoms with Gasteiger partial charge in [0.15, 0.2) is 0 Å². The fourth-order valence-corrected chi connectivity index (χ4v) is 2.73. The summed E-state index contributed by atoms with van der Waals surface area (Å²) in [6.07, 6.45) is 2.56. The predicted molar refractivity (Wildman–Crippen MR) is 80.4 cm³/mol. The van der Waals surface area contributed by atoms with Crippen molar-refractivity contribution in [3.8, 4) is 11.5 Å². The molecule has 1 fully saturated rings. The summed E-state index contributed by atoms with van der Waals surface area (Å²) in [7, 11) is 3.05. The molecule has 1 aliphatic carbocycles. The minimum atomic E-state index is -0.749. The lowest BCUT2D eigenvalue weighted by Crippen LogP contribution is -2.38. The lowest BCUT2D eigenvalue weighted by Gasteiger charge is -2.27. The topological polar surface area (TPSA) is 84.9 Å². The summed E-state index contributed by atoms with van der Waals surface area (Å²) in [5, 5.41) is 11.9. The summed E-state index contributed by atoms with van der Waals surface area (Å²) in [6, 6.07) is 5.04. The summed E-state index contributed by atoms with van der Waals surface area (Å²) in [5.41, 5.74) is 0.448. The number of carboxylic acid groups (broad SMARTS) is 1. The predicted octanol–water partition coefficient (Wildman–Crippen LogP) is 2.08. The van der Waals surface area contributed by atoms with Crippen LogP contribution in [0.2, 0.25) is 0 Å². The standard InChI is InChI=1S/C16H21NO5/c1-21-12-7-8-13(14(9-12)22-2)15(18)17-11-5-3-10(4-6-11)16(19)20/h7-11H,3-6H2,1-2H3,(H,17,18)(H,19,20). The largest absolute Gasteiger partial charge is 0.497 e. The highest BCUT2D eigenvalue weighted by Crippen LogP contribution is 2.27. The summed E-state index contributed by atoms with van der Waals surface area (Å²) < 4.78 is 10.3. The number of hydrogen-bond donors (Lipinski definition) is 2. The minimum Gasteiger partial charge on any atom is -0.497 e. The zero-order valence-corrected chi connectivity index (χ0v) is 12.8. The van der Waals surface area contributed by atoms with Crippen LogP contribution in [-0.2, 0) is 4.79 Å².